The van der Waals surface area contributed by atoms with Crippen molar-refractivity contribution in [1.82, 2.24) is 15.0 Å². The quantitative estimate of drug-likeness (QED) is 0.156. The molecule has 6 heteroatoms. The Morgan fingerprint density at radius 2 is 0.618 bits per heavy atom. The van der Waals surface area contributed by atoms with Crippen molar-refractivity contribution in [3.63, 3.8) is 0 Å². The van der Waals surface area contributed by atoms with E-state index in [9.17, 15) is 0 Å². The van der Waals surface area contributed by atoms with Crippen LogP contribution in [-0.2, 0) is 37.4 Å². The topological polar surface area (TPSA) is 50.3 Å². The standard InChI is InChI=1S/2C28H27N2.C27H25N2/c2*1-18-8-10-20(11-9-18)21-12-13-26(30(5)17-21)23-16-24-22-7-6-14-29-27(22)28(3,4)25(24)15-19(23)2;1-18-15-24-23(21-11-8-14-28-26(21)27(24,2)3)16-22(18)25-13-12-20(17-29(25)4)19-9-6-5-7-10-19/h2*6-17H,1-5H3;5-17H,1-4H3/q3*+1/i1D3,3D3,4D3;3D3,4D3;2D3,3D3. The number of aromatic nitrogens is 6. The molecule has 89 heavy (non-hydrogen) atoms. The first-order valence-electron chi connectivity index (χ1n) is 40.0. The average molecular weight is 1180 g/mol. The van der Waals surface area contributed by atoms with Gasteiger partial charge in [0.1, 0.15) is 21.1 Å². The molecule has 0 fully saturated rings. The van der Waals surface area contributed by atoms with Gasteiger partial charge in [-0.05, 0) is 156 Å². The lowest BCUT2D eigenvalue weighted by Crippen LogP contribution is -2.31. The monoisotopic (exact) mass is 1180 g/mol. The van der Waals surface area contributed by atoms with Crippen LogP contribution in [0.2, 0.25) is 0 Å². The van der Waals surface area contributed by atoms with Crippen molar-refractivity contribution < 1.29 is 42.5 Å². The van der Waals surface area contributed by atoms with E-state index >= 15 is 0 Å². The first-order valence-corrected chi connectivity index (χ1v) is 29.5. The van der Waals surface area contributed by atoms with E-state index in [0.717, 1.165) is 83.8 Å². The van der Waals surface area contributed by atoms with Crippen molar-refractivity contribution in [2.75, 3.05) is 0 Å². The molecule has 0 spiro atoms. The summed E-state index contributed by atoms with van der Waals surface area (Å²) in [6.45, 7) is -11.5. The highest BCUT2D eigenvalue weighted by molar-refractivity contribution is 5.87. The predicted molar refractivity (Wildman–Crippen MR) is 365 cm³/mol. The molecule has 0 bridgehead atoms. The maximum atomic E-state index is 8.37. The van der Waals surface area contributed by atoms with Gasteiger partial charge in [0.2, 0.25) is 17.1 Å². The van der Waals surface area contributed by atoms with Crippen LogP contribution in [-0.4, -0.2) is 15.0 Å². The van der Waals surface area contributed by atoms with Gasteiger partial charge in [-0.3, -0.25) is 15.0 Å². The van der Waals surface area contributed by atoms with Gasteiger partial charge in [-0.15, -0.1) is 0 Å². The highest BCUT2D eigenvalue weighted by Crippen LogP contribution is 2.52. The number of fused-ring (bicyclic) bond motifs is 9. The van der Waals surface area contributed by atoms with Gasteiger partial charge >= 0.3 is 0 Å². The zero-order valence-electron chi connectivity index (χ0n) is 71.5. The van der Waals surface area contributed by atoms with E-state index in [-0.39, 0.29) is 39.3 Å². The first-order chi connectivity index (χ1) is 51.4. The Morgan fingerprint density at radius 3 is 0.933 bits per heavy atom. The molecule has 0 N–H and O–H groups in total. The number of rotatable bonds is 6. The van der Waals surface area contributed by atoms with Crippen LogP contribution in [0.3, 0.4) is 0 Å². The van der Waals surface area contributed by atoms with Crippen LogP contribution in [0.15, 0.2) is 225 Å². The van der Waals surface area contributed by atoms with Crippen LogP contribution in [0.25, 0.3) is 101 Å². The van der Waals surface area contributed by atoms with Crippen molar-refractivity contribution in [2.24, 2.45) is 21.1 Å². The number of nitrogens with zero attached hydrogens (tertiary/aromatic N) is 6. The number of aryl methyl sites for hydroxylation is 8. The summed E-state index contributed by atoms with van der Waals surface area (Å²) in [7, 11) is 5.84. The minimum Gasteiger partial charge on any atom is -0.260 e. The van der Waals surface area contributed by atoms with Crippen LogP contribution < -0.4 is 13.7 Å². The normalized spacial score (nSPS) is 18.3. The highest BCUT2D eigenvalue weighted by Gasteiger charge is 2.40. The van der Waals surface area contributed by atoms with E-state index < -0.39 is 64.2 Å². The molecule has 0 aliphatic heterocycles. The summed E-state index contributed by atoms with van der Waals surface area (Å²) in [5, 5.41) is 0. The van der Waals surface area contributed by atoms with Crippen LogP contribution >= 0.6 is 0 Å². The molecule has 15 rings (SSSR count). The van der Waals surface area contributed by atoms with E-state index in [1.807, 2.05) is 122 Å². The van der Waals surface area contributed by atoms with Gasteiger partial charge in [0, 0.05) is 132 Å². The minimum absolute atomic E-state index is 0.0526. The molecule has 0 saturated heterocycles. The molecule has 3 aliphatic carbocycles. The lowest BCUT2D eigenvalue weighted by molar-refractivity contribution is -0.660. The van der Waals surface area contributed by atoms with Crippen LogP contribution in [0, 0.1) is 34.5 Å². The molecule has 12 aromatic rings. The van der Waals surface area contributed by atoms with Gasteiger partial charge < -0.3 is 0 Å². The summed E-state index contributed by atoms with van der Waals surface area (Å²) in [5.74, 6) is 0. The summed E-state index contributed by atoms with van der Waals surface area (Å²) >= 11 is 0. The van der Waals surface area contributed by atoms with Crippen LogP contribution in [0.4, 0.5) is 0 Å². The molecular formula is C83H79N6+3. The smallest absolute Gasteiger partial charge is 0.212 e. The summed E-state index contributed by atoms with van der Waals surface area (Å²) in [6.07, 6.45) is 10.4. The fourth-order valence-corrected chi connectivity index (χ4v) is 12.9. The fraction of sp³-hybridized carbons (Fsp3) is 0.205. The number of pyridine rings is 6. The summed E-state index contributed by atoms with van der Waals surface area (Å²) < 4.78 is 179. The van der Waals surface area contributed by atoms with E-state index in [4.69, 9.17) is 28.8 Å². The minimum atomic E-state index is -2.86. The lowest BCUT2D eigenvalue weighted by Gasteiger charge is -2.21. The van der Waals surface area contributed by atoms with E-state index in [1.54, 1.807) is 78.9 Å². The van der Waals surface area contributed by atoms with Crippen molar-refractivity contribution in [1.29, 1.82) is 0 Å². The molecule has 438 valence electrons. The zero-order valence-corrected chi connectivity index (χ0v) is 50.5. The molecule has 0 saturated carbocycles. The molecule has 6 heterocycles. The molecular weight excluding hydrogens is 1080 g/mol. The molecule has 3 aliphatic rings. The van der Waals surface area contributed by atoms with Crippen molar-refractivity contribution in [2.45, 2.75) is 91.9 Å². The second-order valence-corrected chi connectivity index (χ2v) is 23.6. The van der Waals surface area contributed by atoms with E-state index in [0.29, 0.717) is 33.4 Å². The second kappa shape index (κ2) is 22.4. The van der Waals surface area contributed by atoms with E-state index in [1.165, 1.54) is 24.2 Å². The third-order valence-electron chi connectivity index (χ3n) is 17.6. The Bertz CT molecular complexity index is 5560. The molecule has 0 radical (unpaired) electrons. The van der Waals surface area contributed by atoms with Crippen molar-refractivity contribution >= 4 is 0 Å². The van der Waals surface area contributed by atoms with Gasteiger partial charge in [0.25, 0.3) is 0 Å². The SMILES string of the molecule is [2H]C([2H])([2H])C1(C([2H])([2H])[2H])c2cc(C)c(-c3ccc(-c4ccc(C)cc4)c[n+]3C)cc2-c2cccnc21.[2H]C([2H])([2H])C1(C([2H])([2H])[2H])c2cc(C)c(-c3ccc(-c4ccccc4)c[n+]3C)cc2-c2cccnc21.[2H]C([2H])([2H])c1ccc(-c2ccc(-c3cc4c(cc3C)C(C([2H])([2H])[2H])(C([2H])([2H])[2H])c3ncccc3-4)[n+](C)c2)cc1. The summed E-state index contributed by atoms with van der Waals surface area (Å²) in [6, 6.07) is 58.6. The molecule has 0 atom stereocenters. The molecule has 0 unspecified atom stereocenters. The van der Waals surface area contributed by atoms with E-state index in [2.05, 4.69) is 82.8 Å². The van der Waals surface area contributed by atoms with Gasteiger partial charge in [-0.25, -0.2) is 13.7 Å². The van der Waals surface area contributed by atoms with Crippen LogP contribution in [0.1, 0.15) is 131 Å². The first kappa shape index (κ1) is 38.5. The Balaban J connectivity index is 0.000000145. The molecule has 6 nitrogen and oxygen atoms in total. The highest BCUT2D eigenvalue weighted by atomic mass is 14.9. The molecule has 6 aromatic carbocycles. The van der Waals surface area contributed by atoms with Crippen molar-refractivity contribution in [3.8, 4) is 101 Å². The van der Waals surface area contributed by atoms with Crippen LogP contribution in [0.5, 0.6) is 0 Å². The van der Waals surface area contributed by atoms with Crippen molar-refractivity contribution in [3.05, 3.63) is 287 Å². The largest absolute Gasteiger partial charge is 0.260 e. The maximum Gasteiger partial charge on any atom is 0.212 e. The van der Waals surface area contributed by atoms with Gasteiger partial charge in [-0.1, -0.05) is 167 Å². The van der Waals surface area contributed by atoms with Gasteiger partial charge in [0.15, 0.2) is 18.6 Å². The Labute approximate surface area is 556 Å². The average Bonchev–Trinajstić information content (AvgIpc) is 1.53. The summed E-state index contributed by atoms with van der Waals surface area (Å²) in [4.78, 5) is 13.0. The number of hydrogen-bond donors (Lipinski definition) is 0. The Morgan fingerprint density at radius 1 is 0.303 bits per heavy atom. The fourth-order valence-electron chi connectivity index (χ4n) is 12.9. The molecule has 6 aromatic heterocycles. The molecule has 0 amide bonds. The third kappa shape index (κ3) is 10.3. The third-order valence-corrected chi connectivity index (χ3v) is 17.6. The number of benzene rings is 6. The second-order valence-electron chi connectivity index (χ2n) is 23.6. The maximum absolute atomic E-state index is 8.37. The predicted octanol–water partition coefficient (Wildman–Crippen LogP) is 18.2. The Hall–Kier alpha value is -9.78. The number of hydrogen-bond acceptors (Lipinski definition) is 3. The van der Waals surface area contributed by atoms with Gasteiger partial charge in [-0.2, -0.15) is 0 Å². The zero-order chi connectivity index (χ0) is 79.8. The lowest BCUT2D eigenvalue weighted by atomic mass is 9.83. The summed E-state index contributed by atoms with van der Waals surface area (Å²) in [5.41, 5.74) is 13.2. The Kier molecular flexibility index (Phi) is 9.70. The van der Waals surface area contributed by atoms with Gasteiger partial charge in [0.05, 0.1) is 17.1 Å².